The summed E-state index contributed by atoms with van der Waals surface area (Å²) in [5, 5.41) is 15.8. The molecular weight excluding hydrogens is 210 g/mol. The van der Waals surface area contributed by atoms with Crippen LogP contribution in [0.5, 0.6) is 5.75 Å². The van der Waals surface area contributed by atoms with Crippen LogP contribution in [0.1, 0.15) is 12.6 Å². The largest absolute Gasteiger partial charge is 0.491 e. The van der Waals surface area contributed by atoms with E-state index in [1.807, 2.05) is 0 Å². The quantitative estimate of drug-likeness (QED) is 0.496. The molecule has 1 aromatic heterocycles. The van der Waals surface area contributed by atoms with Gasteiger partial charge < -0.3 is 15.6 Å². The monoisotopic (exact) mass is 223 g/mol. The third-order valence-corrected chi connectivity index (χ3v) is 1.93. The molecule has 4 N–H and O–H groups in total. The minimum absolute atomic E-state index is 0.0798. The molecule has 1 heterocycles. The predicted molar refractivity (Wildman–Crippen MR) is 57.5 cm³/mol. The van der Waals surface area contributed by atoms with E-state index in [0.717, 1.165) is 0 Å². The Hall–Kier alpha value is -2.11. The summed E-state index contributed by atoms with van der Waals surface area (Å²) in [6, 6.07) is 3.14. The maximum Gasteiger partial charge on any atom is 0.309 e. The van der Waals surface area contributed by atoms with Gasteiger partial charge in [0.25, 0.3) is 0 Å². The number of pyridine rings is 1. The van der Waals surface area contributed by atoms with Crippen LogP contribution in [-0.4, -0.2) is 28.5 Å². The fraction of sp³-hybridized carbons (Fsp3) is 0.300. The number of nitrogens with two attached hydrogens (primary N) is 1. The second kappa shape index (κ2) is 5.11. The lowest BCUT2D eigenvalue weighted by atomic mass is 10.2. The van der Waals surface area contributed by atoms with Crippen LogP contribution in [0.4, 0.5) is 0 Å². The summed E-state index contributed by atoms with van der Waals surface area (Å²) in [6.07, 6.45) is 1.41. The van der Waals surface area contributed by atoms with Gasteiger partial charge in [0.05, 0.1) is 12.1 Å². The molecule has 1 aromatic rings. The zero-order valence-corrected chi connectivity index (χ0v) is 8.80. The molecule has 0 amide bonds. The van der Waals surface area contributed by atoms with Crippen LogP contribution >= 0.6 is 0 Å². The van der Waals surface area contributed by atoms with Crippen LogP contribution < -0.4 is 10.5 Å². The molecule has 16 heavy (non-hydrogen) atoms. The summed E-state index contributed by atoms with van der Waals surface area (Å²) in [5.41, 5.74) is 5.59. The van der Waals surface area contributed by atoms with Crippen LogP contribution in [0, 0.1) is 11.3 Å². The minimum atomic E-state index is -0.909. The number of carboxylic acids is 1. The second-order valence-electron chi connectivity index (χ2n) is 3.34. The molecule has 1 atom stereocenters. The first-order valence-electron chi connectivity index (χ1n) is 4.66. The Morgan fingerprint density at radius 1 is 1.69 bits per heavy atom. The summed E-state index contributed by atoms with van der Waals surface area (Å²) < 4.78 is 5.21. The Bertz CT molecular complexity index is 389. The number of aromatic nitrogens is 1. The molecule has 6 nitrogen and oxygen atoms in total. The molecule has 0 saturated heterocycles. The molecule has 0 aliphatic rings. The maximum atomic E-state index is 10.5. The van der Waals surface area contributed by atoms with Gasteiger partial charge in [-0.1, -0.05) is 0 Å². The predicted octanol–water partition coefficient (Wildman–Crippen LogP) is 0.465. The Morgan fingerprint density at radius 3 is 2.81 bits per heavy atom. The summed E-state index contributed by atoms with van der Waals surface area (Å²) in [7, 11) is 0. The molecule has 0 aliphatic heterocycles. The summed E-state index contributed by atoms with van der Waals surface area (Å²) in [6.45, 7) is 1.64. The number of nitrogen functional groups attached to an aromatic ring is 1. The van der Waals surface area contributed by atoms with Crippen molar-refractivity contribution in [1.29, 1.82) is 5.41 Å². The molecule has 0 aliphatic carbocycles. The zero-order valence-electron chi connectivity index (χ0n) is 8.80. The number of nitrogens with one attached hydrogen (secondary N) is 1. The van der Waals surface area contributed by atoms with Crippen LogP contribution in [0.3, 0.4) is 0 Å². The van der Waals surface area contributed by atoms with Gasteiger partial charge in [0.15, 0.2) is 0 Å². The molecule has 0 aromatic carbocycles. The molecule has 1 unspecified atom stereocenters. The van der Waals surface area contributed by atoms with Gasteiger partial charge in [0.2, 0.25) is 0 Å². The van der Waals surface area contributed by atoms with Gasteiger partial charge in [0.1, 0.15) is 23.9 Å². The van der Waals surface area contributed by atoms with Gasteiger partial charge in [-0.25, -0.2) is 4.98 Å². The van der Waals surface area contributed by atoms with Crippen molar-refractivity contribution in [3.8, 4) is 5.75 Å². The van der Waals surface area contributed by atoms with Gasteiger partial charge in [0, 0.05) is 0 Å². The van der Waals surface area contributed by atoms with E-state index in [0.29, 0.717) is 11.4 Å². The number of hydrogen-bond donors (Lipinski definition) is 3. The first kappa shape index (κ1) is 12.0. The lowest BCUT2D eigenvalue weighted by molar-refractivity contribution is -0.142. The lowest BCUT2D eigenvalue weighted by Crippen LogP contribution is -2.18. The Kier molecular flexibility index (Phi) is 3.82. The molecule has 6 heteroatoms. The van der Waals surface area contributed by atoms with Crippen LogP contribution in [0.25, 0.3) is 0 Å². The second-order valence-corrected chi connectivity index (χ2v) is 3.34. The fourth-order valence-electron chi connectivity index (χ4n) is 0.918. The average molecular weight is 223 g/mol. The SMILES string of the molecule is CC(COc1ccc(C(=N)N)nc1)C(=O)O. The van der Waals surface area contributed by atoms with E-state index in [9.17, 15) is 4.79 Å². The van der Waals surface area contributed by atoms with E-state index >= 15 is 0 Å². The Balaban J connectivity index is 2.56. The van der Waals surface area contributed by atoms with Gasteiger partial charge in [-0.05, 0) is 19.1 Å². The molecule has 0 spiro atoms. The van der Waals surface area contributed by atoms with E-state index in [2.05, 4.69) is 4.98 Å². The van der Waals surface area contributed by atoms with Crippen molar-refractivity contribution in [2.75, 3.05) is 6.61 Å². The number of amidine groups is 1. The fourth-order valence-corrected chi connectivity index (χ4v) is 0.918. The third-order valence-electron chi connectivity index (χ3n) is 1.93. The highest BCUT2D eigenvalue weighted by Crippen LogP contribution is 2.10. The van der Waals surface area contributed by atoms with Crippen molar-refractivity contribution in [3.05, 3.63) is 24.0 Å². The van der Waals surface area contributed by atoms with Gasteiger partial charge in [-0.3, -0.25) is 10.2 Å². The number of carboxylic acid groups (broad SMARTS) is 1. The zero-order chi connectivity index (χ0) is 12.1. The highest BCUT2D eigenvalue weighted by molar-refractivity contribution is 5.92. The van der Waals surface area contributed by atoms with E-state index in [-0.39, 0.29) is 12.4 Å². The van der Waals surface area contributed by atoms with E-state index < -0.39 is 11.9 Å². The smallest absolute Gasteiger partial charge is 0.309 e. The highest BCUT2D eigenvalue weighted by Gasteiger charge is 2.11. The number of carbonyl (C=O) groups is 1. The number of rotatable bonds is 5. The molecule has 0 radical (unpaired) electrons. The van der Waals surface area contributed by atoms with E-state index in [4.69, 9.17) is 21.0 Å². The normalized spacial score (nSPS) is 11.8. The van der Waals surface area contributed by atoms with Crippen LogP contribution in [0.15, 0.2) is 18.3 Å². The lowest BCUT2D eigenvalue weighted by Gasteiger charge is -2.08. The molecule has 1 rings (SSSR count). The first-order valence-corrected chi connectivity index (χ1v) is 4.66. The standard InChI is InChI=1S/C10H13N3O3/c1-6(10(14)15)5-16-7-2-3-8(9(11)12)13-4-7/h2-4,6H,5H2,1H3,(H3,11,12)(H,14,15). The summed E-state index contributed by atoms with van der Waals surface area (Å²) in [4.78, 5) is 14.4. The van der Waals surface area contributed by atoms with Crippen LogP contribution in [-0.2, 0) is 4.79 Å². The summed E-state index contributed by atoms with van der Waals surface area (Å²) >= 11 is 0. The number of hydrogen-bond acceptors (Lipinski definition) is 4. The first-order chi connectivity index (χ1) is 7.50. The van der Waals surface area contributed by atoms with Gasteiger partial charge in [-0.2, -0.15) is 0 Å². The number of ether oxygens (including phenoxy) is 1. The summed E-state index contributed by atoms with van der Waals surface area (Å²) in [5.74, 6) is -1.15. The number of nitrogens with zero attached hydrogens (tertiary/aromatic N) is 1. The molecule has 0 bridgehead atoms. The van der Waals surface area contributed by atoms with Crippen LogP contribution in [0.2, 0.25) is 0 Å². The molecule has 0 saturated carbocycles. The Morgan fingerprint density at radius 2 is 2.38 bits per heavy atom. The van der Waals surface area contributed by atoms with Crippen molar-refractivity contribution in [1.82, 2.24) is 4.98 Å². The third kappa shape index (κ3) is 3.23. The van der Waals surface area contributed by atoms with Gasteiger partial charge in [-0.15, -0.1) is 0 Å². The van der Waals surface area contributed by atoms with Crippen molar-refractivity contribution in [2.45, 2.75) is 6.92 Å². The van der Waals surface area contributed by atoms with E-state index in [1.54, 1.807) is 19.1 Å². The topological polar surface area (TPSA) is 109 Å². The Labute approximate surface area is 92.6 Å². The van der Waals surface area contributed by atoms with E-state index in [1.165, 1.54) is 6.20 Å². The molecule has 86 valence electrons. The van der Waals surface area contributed by atoms with Gasteiger partial charge >= 0.3 is 5.97 Å². The van der Waals surface area contributed by atoms with Crippen molar-refractivity contribution >= 4 is 11.8 Å². The molecular formula is C10H13N3O3. The van der Waals surface area contributed by atoms with Crippen molar-refractivity contribution in [3.63, 3.8) is 0 Å². The molecule has 0 fully saturated rings. The minimum Gasteiger partial charge on any atom is -0.491 e. The highest BCUT2D eigenvalue weighted by atomic mass is 16.5. The number of aliphatic carboxylic acids is 1. The maximum absolute atomic E-state index is 10.5. The van der Waals surface area contributed by atoms with Crippen molar-refractivity contribution < 1.29 is 14.6 Å². The van der Waals surface area contributed by atoms with Crippen molar-refractivity contribution in [2.24, 2.45) is 11.7 Å². The average Bonchev–Trinajstić information content (AvgIpc) is 2.26.